The van der Waals surface area contributed by atoms with Gasteiger partial charge in [0.05, 0.1) is 21.8 Å². The number of benzene rings is 3. The Bertz CT molecular complexity index is 1450. The Morgan fingerprint density at radius 3 is 2.33 bits per heavy atom. The van der Waals surface area contributed by atoms with E-state index in [4.69, 9.17) is 23.2 Å². The van der Waals surface area contributed by atoms with Crippen molar-refractivity contribution in [3.05, 3.63) is 97.9 Å². The Hall–Kier alpha value is -2.71. The lowest BCUT2D eigenvalue weighted by Gasteiger charge is -2.23. The average Bonchev–Trinajstić information content (AvgIpc) is 3.32. The van der Waals surface area contributed by atoms with E-state index < -0.39 is 17.7 Å². The van der Waals surface area contributed by atoms with Crippen molar-refractivity contribution < 1.29 is 14.7 Å². The SMILES string of the molecule is O=C1C(=O)N(c2nc3ccc(Cl)cc3s2)C(c2ccc(Br)cc2)C1=C(O)c1ccc(Cl)cc1. The molecule has 1 aliphatic heterocycles. The van der Waals surface area contributed by atoms with Gasteiger partial charge in [0.25, 0.3) is 5.78 Å². The molecule has 33 heavy (non-hydrogen) atoms. The van der Waals surface area contributed by atoms with Gasteiger partial charge >= 0.3 is 5.91 Å². The minimum Gasteiger partial charge on any atom is -0.507 e. The lowest BCUT2D eigenvalue weighted by atomic mass is 9.95. The Balaban J connectivity index is 1.73. The summed E-state index contributed by atoms with van der Waals surface area (Å²) in [6, 6.07) is 18.0. The molecular formula is C24H13BrCl2N2O3S. The monoisotopic (exact) mass is 558 g/mol. The predicted octanol–water partition coefficient (Wildman–Crippen LogP) is 6.99. The first-order chi connectivity index (χ1) is 15.8. The maximum Gasteiger partial charge on any atom is 0.301 e. The van der Waals surface area contributed by atoms with Crippen LogP contribution in [-0.4, -0.2) is 21.8 Å². The number of rotatable bonds is 3. The van der Waals surface area contributed by atoms with Gasteiger partial charge in [-0.25, -0.2) is 4.98 Å². The molecule has 2 heterocycles. The number of amides is 1. The van der Waals surface area contributed by atoms with E-state index in [-0.39, 0.29) is 11.3 Å². The van der Waals surface area contributed by atoms with Gasteiger partial charge in [-0.1, -0.05) is 62.6 Å². The topological polar surface area (TPSA) is 70.5 Å². The molecular weight excluding hydrogens is 547 g/mol. The Morgan fingerprint density at radius 2 is 1.64 bits per heavy atom. The predicted molar refractivity (Wildman–Crippen MR) is 135 cm³/mol. The molecule has 164 valence electrons. The first-order valence-electron chi connectivity index (χ1n) is 9.72. The number of hydrogen-bond acceptors (Lipinski definition) is 5. The summed E-state index contributed by atoms with van der Waals surface area (Å²) in [4.78, 5) is 32.4. The molecule has 3 aromatic carbocycles. The zero-order valence-electron chi connectivity index (χ0n) is 16.6. The van der Waals surface area contributed by atoms with Crippen molar-refractivity contribution in [3.8, 4) is 0 Å². The van der Waals surface area contributed by atoms with E-state index in [9.17, 15) is 14.7 Å². The molecule has 1 atom stereocenters. The molecule has 1 N–H and O–H groups in total. The molecule has 5 nitrogen and oxygen atoms in total. The number of Topliss-reactive ketones (excluding diaryl/α,β-unsaturated/α-hetero) is 1. The molecule has 4 aromatic rings. The molecule has 0 spiro atoms. The smallest absolute Gasteiger partial charge is 0.301 e. The number of fused-ring (bicyclic) bond motifs is 1. The van der Waals surface area contributed by atoms with Gasteiger partial charge in [-0.05, 0) is 60.2 Å². The van der Waals surface area contributed by atoms with E-state index in [2.05, 4.69) is 20.9 Å². The molecule has 9 heteroatoms. The molecule has 1 unspecified atom stereocenters. The van der Waals surface area contributed by atoms with Gasteiger partial charge in [0, 0.05) is 20.1 Å². The third-order valence-electron chi connectivity index (χ3n) is 5.29. The summed E-state index contributed by atoms with van der Waals surface area (Å²) in [5, 5.41) is 12.5. The van der Waals surface area contributed by atoms with Gasteiger partial charge in [0.15, 0.2) is 5.13 Å². The lowest BCUT2D eigenvalue weighted by molar-refractivity contribution is -0.132. The standard InChI is InChI=1S/C24H13BrCl2N2O3S/c25-14-5-1-12(2-6-14)20-19(21(30)13-3-7-15(26)8-4-13)22(31)23(32)29(20)24-28-17-10-9-16(27)11-18(17)33-24/h1-11,20,30H. The molecule has 1 fully saturated rings. The first-order valence-corrected chi connectivity index (χ1v) is 12.1. The maximum atomic E-state index is 13.2. The van der Waals surface area contributed by atoms with E-state index in [0.717, 1.165) is 9.17 Å². The summed E-state index contributed by atoms with van der Waals surface area (Å²) in [5.74, 6) is -1.82. The van der Waals surface area contributed by atoms with Gasteiger partial charge in [0.2, 0.25) is 0 Å². The number of carbonyl (C=O) groups excluding carboxylic acids is 2. The van der Waals surface area contributed by atoms with Crippen molar-refractivity contribution in [2.24, 2.45) is 0 Å². The number of carbonyl (C=O) groups is 2. The Kier molecular flexibility index (Phi) is 5.74. The number of nitrogens with zero attached hydrogens (tertiary/aromatic N) is 2. The summed E-state index contributed by atoms with van der Waals surface area (Å²) in [5.41, 5.74) is 1.69. The minimum atomic E-state index is -0.857. The second kappa shape index (κ2) is 8.57. The fourth-order valence-corrected chi connectivity index (χ4v) is 5.40. The number of ketones is 1. The molecule has 0 saturated carbocycles. The number of thiazole rings is 1. The van der Waals surface area contributed by atoms with Crippen LogP contribution in [0.5, 0.6) is 0 Å². The van der Waals surface area contributed by atoms with Crippen LogP contribution in [0.25, 0.3) is 16.0 Å². The highest BCUT2D eigenvalue weighted by molar-refractivity contribution is 9.10. The lowest BCUT2D eigenvalue weighted by Crippen LogP contribution is -2.29. The minimum absolute atomic E-state index is 0.0121. The molecule has 0 radical (unpaired) electrons. The largest absolute Gasteiger partial charge is 0.507 e. The molecule has 1 aliphatic rings. The molecule has 1 saturated heterocycles. The summed E-state index contributed by atoms with van der Waals surface area (Å²) in [7, 11) is 0. The van der Waals surface area contributed by atoms with E-state index in [0.29, 0.717) is 31.8 Å². The van der Waals surface area contributed by atoms with Crippen molar-refractivity contribution in [3.63, 3.8) is 0 Å². The number of anilines is 1. The van der Waals surface area contributed by atoms with Crippen LogP contribution in [0.3, 0.4) is 0 Å². The van der Waals surface area contributed by atoms with E-state index >= 15 is 0 Å². The summed E-state index contributed by atoms with van der Waals surface area (Å²) >= 11 is 16.8. The Morgan fingerprint density at radius 1 is 0.970 bits per heavy atom. The summed E-state index contributed by atoms with van der Waals surface area (Å²) in [6.45, 7) is 0. The van der Waals surface area contributed by atoms with Crippen LogP contribution < -0.4 is 4.90 Å². The van der Waals surface area contributed by atoms with Gasteiger partial charge in [0.1, 0.15) is 5.76 Å². The second-order valence-corrected chi connectivity index (χ2v) is 10.1. The molecule has 1 amide bonds. The van der Waals surface area contributed by atoms with E-state index in [1.165, 1.54) is 16.2 Å². The number of aliphatic hydroxyl groups is 1. The highest BCUT2D eigenvalue weighted by Crippen LogP contribution is 2.44. The van der Waals surface area contributed by atoms with Gasteiger partial charge in [-0.2, -0.15) is 0 Å². The van der Waals surface area contributed by atoms with Gasteiger partial charge < -0.3 is 5.11 Å². The number of hydrogen-bond donors (Lipinski definition) is 1. The van der Waals surface area contributed by atoms with Crippen molar-refractivity contribution in [1.82, 2.24) is 4.98 Å². The van der Waals surface area contributed by atoms with Crippen LogP contribution in [0.15, 0.2) is 76.8 Å². The van der Waals surface area contributed by atoms with E-state index in [1.54, 1.807) is 54.6 Å². The Labute approximate surface area is 211 Å². The third-order valence-corrected chi connectivity index (χ3v) is 7.33. The zero-order chi connectivity index (χ0) is 23.3. The fraction of sp³-hybridized carbons (Fsp3) is 0.0417. The number of aliphatic hydroxyl groups excluding tert-OH is 1. The molecule has 1 aromatic heterocycles. The average molecular weight is 560 g/mol. The van der Waals surface area contributed by atoms with Gasteiger partial charge in [-0.3, -0.25) is 14.5 Å². The normalized spacial score (nSPS) is 17.8. The summed E-state index contributed by atoms with van der Waals surface area (Å²) in [6.07, 6.45) is 0. The zero-order valence-corrected chi connectivity index (χ0v) is 20.5. The highest BCUT2D eigenvalue weighted by atomic mass is 79.9. The quantitative estimate of drug-likeness (QED) is 0.167. The highest BCUT2D eigenvalue weighted by Gasteiger charge is 2.48. The molecule has 0 aliphatic carbocycles. The number of halogens is 3. The van der Waals surface area contributed by atoms with Crippen LogP contribution >= 0.6 is 50.5 Å². The van der Waals surface area contributed by atoms with Crippen LogP contribution in [0.4, 0.5) is 5.13 Å². The number of aromatic nitrogens is 1. The second-order valence-electron chi connectivity index (χ2n) is 7.34. The third kappa shape index (κ3) is 3.95. The molecule has 0 bridgehead atoms. The van der Waals surface area contributed by atoms with Crippen LogP contribution in [0.1, 0.15) is 17.2 Å². The fourth-order valence-electron chi connectivity index (χ4n) is 3.74. The van der Waals surface area contributed by atoms with Crippen molar-refractivity contribution >= 4 is 83.3 Å². The van der Waals surface area contributed by atoms with Gasteiger partial charge in [-0.15, -0.1) is 0 Å². The van der Waals surface area contributed by atoms with Crippen LogP contribution in [0, 0.1) is 0 Å². The van der Waals surface area contributed by atoms with Crippen molar-refractivity contribution in [2.45, 2.75) is 6.04 Å². The molecule has 5 rings (SSSR count). The maximum absolute atomic E-state index is 13.2. The van der Waals surface area contributed by atoms with Crippen LogP contribution in [-0.2, 0) is 9.59 Å². The van der Waals surface area contributed by atoms with Crippen molar-refractivity contribution in [1.29, 1.82) is 0 Å². The first kappa shape index (κ1) is 22.1. The van der Waals surface area contributed by atoms with Crippen LogP contribution in [0.2, 0.25) is 10.0 Å². The summed E-state index contributed by atoms with van der Waals surface area (Å²) < 4.78 is 1.63. The van der Waals surface area contributed by atoms with E-state index in [1.807, 2.05) is 12.1 Å². The van der Waals surface area contributed by atoms with Crippen molar-refractivity contribution in [2.75, 3.05) is 4.90 Å².